The number of nitrogens with one attached hydrogen (secondary N) is 1. The van der Waals surface area contributed by atoms with Crippen LogP contribution in [-0.4, -0.2) is 42.7 Å². The highest BCUT2D eigenvalue weighted by Gasteiger charge is 2.28. The van der Waals surface area contributed by atoms with Gasteiger partial charge in [0.15, 0.2) is 12.2 Å². The highest BCUT2D eigenvalue weighted by molar-refractivity contribution is 5.96. The number of nitro groups is 1. The number of esters is 1. The molecular weight excluding hydrogens is 320 g/mol. The number of non-ortho nitro benzene ring substituents is 1. The number of benzene rings is 1. The van der Waals surface area contributed by atoms with Gasteiger partial charge in [-0.1, -0.05) is 0 Å². The summed E-state index contributed by atoms with van der Waals surface area (Å²) in [5, 5.41) is 13.3. The zero-order chi connectivity index (χ0) is 17.7. The summed E-state index contributed by atoms with van der Waals surface area (Å²) in [4.78, 5) is 34.2. The summed E-state index contributed by atoms with van der Waals surface area (Å²) < 4.78 is 15.3. The Morgan fingerprint density at radius 1 is 1.46 bits per heavy atom. The number of hydrogen-bond donors (Lipinski definition) is 1. The molecule has 1 aromatic rings. The average Bonchev–Trinajstić information content (AvgIpc) is 3.09. The summed E-state index contributed by atoms with van der Waals surface area (Å²) in [6.07, 6.45) is -0.393. The molecule has 0 radical (unpaired) electrons. The molecule has 1 saturated heterocycles. The number of carbonyl (C=O) groups excluding carboxylic acids is 2. The molecule has 0 spiro atoms. The fourth-order valence-electron chi connectivity index (χ4n) is 2.21. The molecule has 130 valence electrons. The van der Waals surface area contributed by atoms with Crippen LogP contribution in [0.2, 0.25) is 0 Å². The molecule has 1 heterocycles. The fourth-order valence-corrected chi connectivity index (χ4v) is 2.21. The lowest BCUT2D eigenvalue weighted by molar-refractivity contribution is -0.384. The predicted molar refractivity (Wildman–Crippen MR) is 82.8 cm³/mol. The monoisotopic (exact) mass is 338 g/mol. The number of amides is 1. The summed E-state index contributed by atoms with van der Waals surface area (Å²) in [7, 11) is 1.37. The first-order valence-corrected chi connectivity index (χ1v) is 7.37. The maximum Gasteiger partial charge on any atom is 0.336 e. The fraction of sp³-hybridized carbons (Fsp3) is 0.467. The molecule has 1 aliphatic heterocycles. The van der Waals surface area contributed by atoms with Crippen molar-refractivity contribution in [2.24, 2.45) is 0 Å². The van der Waals surface area contributed by atoms with Gasteiger partial charge in [-0.3, -0.25) is 14.9 Å². The average molecular weight is 338 g/mol. The van der Waals surface area contributed by atoms with Gasteiger partial charge < -0.3 is 19.5 Å². The Hall–Kier alpha value is -2.68. The van der Waals surface area contributed by atoms with E-state index in [0.29, 0.717) is 13.0 Å². The second-order valence-electron chi connectivity index (χ2n) is 5.21. The molecule has 0 bridgehead atoms. The smallest absolute Gasteiger partial charge is 0.336 e. The second kappa shape index (κ2) is 7.73. The van der Waals surface area contributed by atoms with Gasteiger partial charge >= 0.3 is 5.97 Å². The van der Waals surface area contributed by atoms with Gasteiger partial charge in [-0.25, -0.2) is 4.79 Å². The quantitative estimate of drug-likeness (QED) is 0.476. The number of nitro benzene ring substituents is 1. The van der Waals surface area contributed by atoms with Gasteiger partial charge in [0.05, 0.1) is 17.7 Å². The molecule has 9 heteroatoms. The number of hydrogen-bond acceptors (Lipinski definition) is 7. The molecular formula is C15H18N2O7. The summed E-state index contributed by atoms with van der Waals surface area (Å²) in [6.45, 7) is 1.90. The van der Waals surface area contributed by atoms with Crippen molar-refractivity contribution in [3.05, 3.63) is 28.3 Å². The molecule has 1 aliphatic rings. The summed E-state index contributed by atoms with van der Waals surface area (Å²) in [6, 6.07) is 3.80. The van der Waals surface area contributed by atoms with Crippen LogP contribution in [0.5, 0.6) is 5.75 Å². The van der Waals surface area contributed by atoms with Crippen LogP contribution in [0.15, 0.2) is 18.2 Å². The maximum atomic E-state index is 12.2. The van der Waals surface area contributed by atoms with Crippen LogP contribution in [0.25, 0.3) is 0 Å². The van der Waals surface area contributed by atoms with E-state index in [1.54, 1.807) is 0 Å². The summed E-state index contributed by atoms with van der Waals surface area (Å²) >= 11 is 0. The van der Waals surface area contributed by atoms with E-state index >= 15 is 0 Å². The Morgan fingerprint density at radius 2 is 2.21 bits per heavy atom. The highest BCUT2D eigenvalue weighted by Crippen LogP contribution is 2.29. The molecule has 2 atom stereocenters. The van der Waals surface area contributed by atoms with Crippen molar-refractivity contribution in [3.63, 3.8) is 0 Å². The number of ether oxygens (including phenoxy) is 3. The zero-order valence-electron chi connectivity index (χ0n) is 13.3. The Morgan fingerprint density at radius 3 is 2.79 bits per heavy atom. The van der Waals surface area contributed by atoms with Crippen molar-refractivity contribution in [2.75, 3.05) is 19.0 Å². The zero-order valence-corrected chi connectivity index (χ0v) is 13.3. The van der Waals surface area contributed by atoms with Crippen molar-refractivity contribution in [3.8, 4) is 5.75 Å². The lowest BCUT2D eigenvalue weighted by atomic mass is 10.2. The molecule has 2 rings (SSSR count). The van der Waals surface area contributed by atoms with Crippen molar-refractivity contribution in [2.45, 2.75) is 32.0 Å². The van der Waals surface area contributed by atoms with E-state index in [0.717, 1.165) is 6.42 Å². The van der Waals surface area contributed by atoms with E-state index in [-0.39, 0.29) is 17.1 Å². The van der Waals surface area contributed by atoms with Gasteiger partial charge in [0.25, 0.3) is 11.6 Å². The first-order chi connectivity index (χ1) is 11.4. The Bertz CT molecular complexity index is 641. The van der Waals surface area contributed by atoms with E-state index in [4.69, 9.17) is 14.2 Å². The number of methoxy groups -OCH3 is 1. The van der Waals surface area contributed by atoms with Gasteiger partial charge in [0.1, 0.15) is 5.75 Å². The Kier molecular flexibility index (Phi) is 5.69. The van der Waals surface area contributed by atoms with Crippen molar-refractivity contribution < 1.29 is 28.7 Å². The van der Waals surface area contributed by atoms with Gasteiger partial charge in [0.2, 0.25) is 0 Å². The van der Waals surface area contributed by atoms with Gasteiger partial charge in [0, 0.05) is 18.7 Å². The molecule has 0 aliphatic carbocycles. The van der Waals surface area contributed by atoms with E-state index < -0.39 is 29.0 Å². The van der Waals surface area contributed by atoms with Crippen LogP contribution < -0.4 is 10.1 Å². The van der Waals surface area contributed by atoms with Crippen LogP contribution in [-0.2, 0) is 19.1 Å². The third-order valence-corrected chi connectivity index (χ3v) is 3.51. The standard InChI is InChI=1S/C15H18N2O7/c1-9(24-15(19)13-4-3-7-23-13)14(18)16-11-8-10(17(20)21)5-6-12(11)22-2/h5-6,8-9,13H,3-4,7H2,1-2H3,(H,16,18)/t9-,13+/m0/s1. The SMILES string of the molecule is COc1ccc([N+](=O)[O-])cc1NC(=O)[C@H](C)OC(=O)[C@H]1CCCO1. The minimum Gasteiger partial charge on any atom is -0.495 e. The van der Waals surface area contributed by atoms with Crippen LogP contribution in [0, 0.1) is 10.1 Å². The van der Waals surface area contributed by atoms with Crippen LogP contribution in [0.3, 0.4) is 0 Å². The first-order valence-electron chi connectivity index (χ1n) is 7.37. The number of rotatable bonds is 6. The molecule has 1 aromatic carbocycles. The van der Waals surface area contributed by atoms with E-state index in [2.05, 4.69) is 5.32 Å². The largest absolute Gasteiger partial charge is 0.495 e. The molecule has 1 N–H and O–H groups in total. The van der Waals surface area contributed by atoms with E-state index in [9.17, 15) is 19.7 Å². The Labute approximate surface area is 138 Å². The van der Waals surface area contributed by atoms with Gasteiger partial charge in [-0.15, -0.1) is 0 Å². The van der Waals surface area contributed by atoms with Crippen molar-refractivity contribution in [1.29, 1.82) is 0 Å². The molecule has 9 nitrogen and oxygen atoms in total. The minimum atomic E-state index is -1.08. The molecule has 1 fully saturated rings. The minimum absolute atomic E-state index is 0.122. The topological polar surface area (TPSA) is 117 Å². The lowest BCUT2D eigenvalue weighted by Crippen LogP contribution is -2.34. The van der Waals surface area contributed by atoms with Crippen molar-refractivity contribution in [1.82, 2.24) is 0 Å². The normalized spacial score (nSPS) is 17.8. The van der Waals surface area contributed by atoms with E-state index in [1.807, 2.05) is 0 Å². The number of anilines is 1. The lowest BCUT2D eigenvalue weighted by Gasteiger charge is -2.16. The van der Waals surface area contributed by atoms with Crippen LogP contribution in [0.4, 0.5) is 11.4 Å². The van der Waals surface area contributed by atoms with Gasteiger partial charge in [-0.05, 0) is 25.8 Å². The second-order valence-corrected chi connectivity index (χ2v) is 5.21. The Balaban J connectivity index is 2.03. The molecule has 0 unspecified atom stereocenters. The van der Waals surface area contributed by atoms with Gasteiger partial charge in [-0.2, -0.15) is 0 Å². The molecule has 0 aromatic heterocycles. The highest BCUT2D eigenvalue weighted by atomic mass is 16.6. The molecule has 1 amide bonds. The third kappa shape index (κ3) is 4.19. The van der Waals surface area contributed by atoms with Crippen LogP contribution >= 0.6 is 0 Å². The third-order valence-electron chi connectivity index (χ3n) is 3.51. The summed E-state index contributed by atoms with van der Waals surface area (Å²) in [5.41, 5.74) is -0.0770. The number of nitrogens with zero attached hydrogens (tertiary/aromatic N) is 1. The van der Waals surface area contributed by atoms with Crippen LogP contribution in [0.1, 0.15) is 19.8 Å². The van der Waals surface area contributed by atoms with E-state index in [1.165, 1.54) is 32.2 Å². The molecule has 24 heavy (non-hydrogen) atoms. The number of carbonyl (C=O) groups is 2. The molecule has 0 saturated carbocycles. The van der Waals surface area contributed by atoms with Crippen molar-refractivity contribution >= 4 is 23.3 Å². The first kappa shape index (κ1) is 17.7. The maximum absolute atomic E-state index is 12.2. The predicted octanol–water partition coefficient (Wildman–Crippen LogP) is 1.65. The summed E-state index contributed by atoms with van der Waals surface area (Å²) in [5.74, 6) is -0.965.